The maximum absolute atomic E-state index is 11.1. The molecule has 0 aromatic heterocycles. The molecule has 1 aromatic carbocycles. The number of hydrogen-bond donors (Lipinski definition) is 3. The molecule has 70 valence electrons. The topological polar surface area (TPSA) is 92.8 Å². The Morgan fingerprint density at radius 1 is 1.38 bits per heavy atom. The number of hydrogen-bond acceptors (Lipinski definition) is 5. The van der Waals surface area contributed by atoms with Gasteiger partial charge in [0.05, 0.1) is 5.56 Å². The average Bonchev–Trinajstić information content (AvgIpc) is 2.03. The van der Waals surface area contributed by atoms with Crippen molar-refractivity contribution in [2.75, 3.05) is 5.73 Å². The molecule has 0 amide bonds. The highest BCUT2D eigenvalue weighted by Gasteiger charge is 2.12. The molecule has 0 bridgehead atoms. The highest BCUT2D eigenvalue weighted by molar-refractivity contribution is 5.94. The number of ether oxygens (including phenoxy) is 1. The molecule has 0 radical (unpaired) electrons. The fraction of sp³-hybridized carbons (Fsp3) is 0.125. The number of carbonyl (C=O) groups is 1. The molecule has 0 atom stereocenters. The number of nitrogen functional groups attached to an aromatic ring is 1. The van der Waals surface area contributed by atoms with Gasteiger partial charge in [0.1, 0.15) is 0 Å². The lowest BCUT2D eigenvalue weighted by atomic mass is 10.2. The Morgan fingerprint density at radius 3 is 2.54 bits per heavy atom. The molecular weight excluding hydrogens is 174 g/mol. The smallest absolute Gasteiger partial charge is 0.344 e. The largest absolute Gasteiger partial charge is 0.407 e. The van der Waals surface area contributed by atoms with E-state index in [0.717, 1.165) is 0 Å². The van der Waals surface area contributed by atoms with Gasteiger partial charge in [-0.15, -0.1) is 0 Å². The van der Waals surface area contributed by atoms with Crippen LogP contribution in [-0.2, 0) is 4.74 Å². The van der Waals surface area contributed by atoms with E-state index in [0.29, 0.717) is 0 Å². The van der Waals surface area contributed by atoms with Crippen molar-refractivity contribution in [2.24, 2.45) is 0 Å². The predicted octanol–water partition coefficient (Wildman–Crippen LogP) is -0.306. The first kappa shape index (κ1) is 9.50. The monoisotopic (exact) mass is 183 g/mol. The van der Waals surface area contributed by atoms with Gasteiger partial charge in [0.2, 0.25) is 0 Å². The van der Waals surface area contributed by atoms with Crippen LogP contribution >= 0.6 is 0 Å². The number of nitrogens with two attached hydrogens (primary N) is 1. The fourth-order valence-corrected chi connectivity index (χ4v) is 0.842. The van der Waals surface area contributed by atoms with Crippen molar-refractivity contribution < 1.29 is 19.7 Å². The zero-order chi connectivity index (χ0) is 9.84. The van der Waals surface area contributed by atoms with E-state index in [4.69, 9.17) is 15.9 Å². The van der Waals surface area contributed by atoms with E-state index < -0.39 is 12.4 Å². The van der Waals surface area contributed by atoms with Gasteiger partial charge < -0.3 is 20.7 Å². The summed E-state index contributed by atoms with van der Waals surface area (Å²) >= 11 is 0. The van der Waals surface area contributed by atoms with Crippen molar-refractivity contribution in [3.05, 3.63) is 29.8 Å². The lowest BCUT2D eigenvalue weighted by molar-refractivity contribution is -0.200. The molecule has 5 nitrogen and oxygen atoms in total. The Hall–Kier alpha value is -1.59. The third kappa shape index (κ3) is 2.43. The quantitative estimate of drug-likeness (QED) is 0.332. The van der Waals surface area contributed by atoms with Crippen LogP contribution in [0.15, 0.2) is 24.3 Å². The van der Waals surface area contributed by atoms with Gasteiger partial charge in [0.25, 0.3) is 0 Å². The maximum atomic E-state index is 11.1. The Kier molecular flexibility index (Phi) is 2.84. The van der Waals surface area contributed by atoms with E-state index in [2.05, 4.69) is 4.74 Å². The minimum absolute atomic E-state index is 0.107. The Labute approximate surface area is 74.4 Å². The predicted molar refractivity (Wildman–Crippen MR) is 44.5 cm³/mol. The SMILES string of the molecule is Nc1ccccc1C(=O)OC(O)O. The summed E-state index contributed by atoms with van der Waals surface area (Å²) in [6, 6.07) is 6.19. The Bertz CT molecular complexity index is 311. The van der Waals surface area contributed by atoms with Crippen LogP contribution in [-0.4, -0.2) is 22.7 Å². The van der Waals surface area contributed by atoms with Gasteiger partial charge in [-0.2, -0.15) is 0 Å². The second-order valence-corrected chi connectivity index (χ2v) is 2.32. The van der Waals surface area contributed by atoms with Gasteiger partial charge in [-0.3, -0.25) is 0 Å². The van der Waals surface area contributed by atoms with E-state index in [1.165, 1.54) is 12.1 Å². The fourth-order valence-electron chi connectivity index (χ4n) is 0.842. The van der Waals surface area contributed by atoms with Crippen molar-refractivity contribution in [3.63, 3.8) is 0 Å². The van der Waals surface area contributed by atoms with Crippen molar-refractivity contribution in [1.82, 2.24) is 0 Å². The van der Waals surface area contributed by atoms with Crippen LogP contribution in [0.1, 0.15) is 10.4 Å². The number of carbonyl (C=O) groups excluding carboxylic acids is 1. The first-order chi connectivity index (χ1) is 6.11. The number of esters is 1. The lowest BCUT2D eigenvalue weighted by Crippen LogP contribution is -2.17. The minimum atomic E-state index is -2.12. The molecular formula is C8H9NO4. The zero-order valence-corrected chi connectivity index (χ0v) is 6.68. The highest BCUT2D eigenvalue weighted by atomic mass is 16.7. The number of rotatable bonds is 2. The summed E-state index contributed by atoms with van der Waals surface area (Å²) in [4.78, 5) is 11.1. The molecule has 1 aromatic rings. The molecule has 5 heteroatoms. The third-order valence-electron chi connectivity index (χ3n) is 1.39. The summed E-state index contributed by atoms with van der Waals surface area (Å²) in [5.74, 6) is -0.867. The van der Waals surface area contributed by atoms with E-state index in [1.54, 1.807) is 12.1 Å². The van der Waals surface area contributed by atoms with Gasteiger partial charge in [-0.1, -0.05) is 12.1 Å². The molecule has 0 aliphatic heterocycles. The van der Waals surface area contributed by atoms with Crippen molar-refractivity contribution >= 4 is 11.7 Å². The second-order valence-electron chi connectivity index (χ2n) is 2.32. The zero-order valence-electron chi connectivity index (χ0n) is 6.68. The van der Waals surface area contributed by atoms with Crippen LogP contribution in [0.25, 0.3) is 0 Å². The Balaban J connectivity index is 2.83. The lowest BCUT2D eigenvalue weighted by Gasteiger charge is -2.06. The number of para-hydroxylation sites is 1. The van der Waals surface area contributed by atoms with Crippen molar-refractivity contribution in [3.8, 4) is 0 Å². The van der Waals surface area contributed by atoms with Crippen LogP contribution in [0.4, 0.5) is 5.69 Å². The molecule has 0 aliphatic rings. The minimum Gasteiger partial charge on any atom is -0.407 e. The van der Waals surface area contributed by atoms with E-state index >= 15 is 0 Å². The normalized spacial score (nSPS) is 10.1. The standard InChI is InChI=1S/C8H9NO4/c9-6-4-2-1-3-5(6)7(10)13-8(11)12/h1-4,8,11-12H,9H2. The molecule has 0 saturated carbocycles. The number of aliphatic hydroxyl groups excluding tert-OH is 1. The summed E-state index contributed by atoms with van der Waals surface area (Å²) < 4.78 is 4.11. The van der Waals surface area contributed by atoms with E-state index in [9.17, 15) is 4.79 Å². The molecule has 4 N–H and O–H groups in total. The van der Waals surface area contributed by atoms with Crippen LogP contribution in [0.5, 0.6) is 0 Å². The van der Waals surface area contributed by atoms with Gasteiger partial charge in [-0.05, 0) is 12.1 Å². The van der Waals surface area contributed by atoms with Gasteiger partial charge >= 0.3 is 12.4 Å². The molecule has 0 spiro atoms. The summed E-state index contributed by atoms with van der Waals surface area (Å²) in [5.41, 5.74) is 5.77. The van der Waals surface area contributed by atoms with Gasteiger partial charge in [0, 0.05) is 5.69 Å². The maximum Gasteiger partial charge on any atom is 0.344 e. The summed E-state index contributed by atoms with van der Waals surface area (Å²) in [6.07, 6.45) is 0. The molecule has 0 heterocycles. The van der Waals surface area contributed by atoms with E-state index in [-0.39, 0.29) is 11.3 Å². The average molecular weight is 183 g/mol. The highest BCUT2D eigenvalue weighted by Crippen LogP contribution is 2.11. The van der Waals surface area contributed by atoms with E-state index in [1.807, 2.05) is 0 Å². The Morgan fingerprint density at radius 2 is 2.00 bits per heavy atom. The molecule has 13 heavy (non-hydrogen) atoms. The van der Waals surface area contributed by atoms with Crippen molar-refractivity contribution in [1.29, 1.82) is 0 Å². The third-order valence-corrected chi connectivity index (χ3v) is 1.39. The second kappa shape index (κ2) is 3.88. The van der Waals surface area contributed by atoms with Crippen LogP contribution in [0.2, 0.25) is 0 Å². The molecule has 0 fully saturated rings. The summed E-state index contributed by atoms with van der Waals surface area (Å²) in [5, 5.41) is 16.7. The molecule has 1 rings (SSSR count). The summed E-state index contributed by atoms with van der Waals surface area (Å²) in [7, 11) is 0. The first-order valence-electron chi connectivity index (χ1n) is 3.53. The van der Waals surface area contributed by atoms with Crippen molar-refractivity contribution in [2.45, 2.75) is 6.48 Å². The van der Waals surface area contributed by atoms with Crippen LogP contribution in [0, 0.1) is 0 Å². The molecule has 0 saturated heterocycles. The number of aliphatic hydroxyl groups is 2. The number of benzene rings is 1. The van der Waals surface area contributed by atoms with Crippen LogP contribution in [0.3, 0.4) is 0 Å². The van der Waals surface area contributed by atoms with Crippen LogP contribution < -0.4 is 5.73 Å². The van der Waals surface area contributed by atoms with Gasteiger partial charge in [0.15, 0.2) is 0 Å². The van der Waals surface area contributed by atoms with Gasteiger partial charge in [-0.25, -0.2) is 4.79 Å². The summed E-state index contributed by atoms with van der Waals surface area (Å²) in [6.45, 7) is -2.12. The molecule has 0 unspecified atom stereocenters. The number of anilines is 1. The molecule has 0 aliphatic carbocycles. The first-order valence-corrected chi connectivity index (χ1v) is 3.53.